The van der Waals surface area contributed by atoms with Crippen LogP contribution >= 0.6 is 0 Å². The Hall–Kier alpha value is -1.75. The molecule has 2 aliphatic heterocycles. The number of nitrogens with zero attached hydrogens (tertiary/aromatic N) is 1. The molecular formula is C19H28N2O3. The van der Waals surface area contributed by atoms with Gasteiger partial charge in [0.2, 0.25) is 0 Å². The van der Waals surface area contributed by atoms with E-state index in [2.05, 4.69) is 5.32 Å². The minimum atomic E-state index is 0.104. The van der Waals surface area contributed by atoms with Crippen LogP contribution in [0.1, 0.15) is 37.0 Å². The molecule has 0 unspecified atom stereocenters. The molecule has 1 amide bonds. The Bertz CT molecular complexity index is 562. The minimum Gasteiger partial charge on any atom is -0.490 e. The molecule has 0 bridgehead atoms. The molecule has 0 aromatic heterocycles. The Kier molecular flexibility index (Phi) is 5.61. The number of hydrogen-bond acceptors (Lipinski definition) is 4. The van der Waals surface area contributed by atoms with Crippen LogP contribution in [0.4, 0.5) is 0 Å². The molecule has 2 saturated heterocycles. The number of nitrogens with one attached hydrogen (secondary N) is 1. The molecule has 2 aliphatic rings. The zero-order chi connectivity index (χ0) is 16.9. The molecule has 24 heavy (non-hydrogen) atoms. The molecule has 0 spiro atoms. The molecule has 2 heterocycles. The van der Waals surface area contributed by atoms with E-state index >= 15 is 0 Å². The monoisotopic (exact) mass is 332 g/mol. The average molecular weight is 332 g/mol. The average Bonchev–Trinajstić information content (AvgIpc) is 2.95. The number of likely N-dealkylation sites (tertiary alicyclic amines) is 1. The molecule has 5 nitrogen and oxygen atoms in total. The highest BCUT2D eigenvalue weighted by molar-refractivity contribution is 5.95. The van der Waals surface area contributed by atoms with Gasteiger partial charge in [-0.1, -0.05) is 0 Å². The third kappa shape index (κ3) is 3.66. The van der Waals surface area contributed by atoms with Gasteiger partial charge in [0.25, 0.3) is 5.91 Å². The smallest absolute Gasteiger partial charge is 0.253 e. The van der Waals surface area contributed by atoms with Crippen LogP contribution < -0.4 is 14.8 Å². The highest BCUT2D eigenvalue weighted by Gasteiger charge is 2.31. The predicted molar refractivity (Wildman–Crippen MR) is 93.8 cm³/mol. The lowest BCUT2D eigenvalue weighted by molar-refractivity contribution is 0.0758. The Morgan fingerprint density at radius 3 is 2.33 bits per heavy atom. The van der Waals surface area contributed by atoms with Gasteiger partial charge in [0.05, 0.1) is 13.2 Å². The van der Waals surface area contributed by atoms with E-state index < -0.39 is 0 Å². The van der Waals surface area contributed by atoms with E-state index in [1.165, 1.54) is 0 Å². The highest BCUT2D eigenvalue weighted by atomic mass is 16.5. The molecule has 2 atom stereocenters. The highest BCUT2D eigenvalue weighted by Crippen LogP contribution is 2.31. The molecule has 0 saturated carbocycles. The van der Waals surface area contributed by atoms with Crippen molar-refractivity contribution in [1.29, 1.82) is 0 Å². The van der Waals surface area contributed by atoms with Crippen molar-refractivity contribution in [2.75, 3.05) is 39.4 Å². The summed E-state index contributed by atoms with van der Waals surface area (Å²) in [6.45, 7) is 8.91. The summed E-state index contributed by atoms with van der Waals surface area (Å²) in [4.78, 5) is 14.9. The van der Waals surface area contributed by atoms with E-state index in [0.717, 1.165) is 50.9 Å². The molecule has 3 rings (SSSR count). The molecule has 0 aliphatic carbocycles. The number of amides is 1. The van der Waals surface area contributed by atoms with Crippen molar-refractivity contribution < 1.29 is 14.3 Å². The van der Waals surface area contributed by atoms with Gasteiger partial charge in [-0.05, 0) is 69.8 Å². The lowest BCUT2D eigenvalue weighted by Gasteiger charge is -2.21. The van der Waals surface area contributed by atoms with Crippen molar-refractivity contribution in [3.8, 4) is 11.5 Å². The second kappa shape index (κ2) is 7.88. The van der Waals surface area contributed by atoms with Crippen LogP contribution in [0.15, 0.2) is 18.2 Å². The first-order chi connectivity index (χ1) is 11.7. The first-order valence-electron chi connectivity index (χ1n) is 9.12. The third-order valence-electron chi connectivity index (χ3n) is 5.10. The van der Waals surface area contributed by atoms with Gasteiger partial charge in [0.1, 0.15) is 0 Å². The van der Waals surface area contributed by atoms with Crippen LogP contribution in [0.5, 0.6) is 11.5 Å². The van der Waals surface area contributed by atoms with Gasteiger partial charge in [-0.15, -0.1) is 0 Å². The van der Waals surface area contributed by atoms with E-state index in [-0.39, 0.29) is 5.91 Å². The van der Waals surface area contributed by atoms with E-state index in [4.69, 9.17) is 9.47 Å². The fourth-order valence-electron chi connectivity index (χ4n) is 3.79. The summed E-state index contributed by atoms with van der Waals surface area (Å²) < 4.78 is 11.2. The maximum absolute atomic E-state index is 12.9. The zero-order valence-corrected chi connectivity index (χ0v) is 14.7. The van der Waals surface area contributed by atoms with Crippen molar-refractivity contribution in [2.45, 2.75) is 26.7 Å². The summed E-state index contributed by atoms with van der Waals surface area (Å²) in [6, 6.07) is 5.52. The lowest BCUT2D eigenvalue weighted by Crippen LogP contribution is -2.32. The minimum absolute atomic E-state index is 0.104. The second-order valence-electron chi connectivity index (χ2n) is 6.58. The van der Waals surface area contributed by atoms with E-state index in [1.807, 2.05) is 36.9 Å². The number of benzene rings is 1. The Morgan fingerprint density at radius 2 is 1.71 bits per heavy atom. The molecule has 1 aromatic rings. The molecular weight excluding hydrogens is 304 g/mol. The van der Waals surface area contributed by atoms with Gasteiger partial charge in [-0.3, -0.25) is 4.79 Å². The summed E-state index contributed by atoms with van der Waals surface area (Å²) in [7, 11) is 0. The Morgan fingerprint density at radius 1 is 1.08 bits per heavy atom. The molecule has 2 fully saturated rings. The molecule has 132 valence electrons. The fourth-order valence-corrected chi connectivity index (χ4v) is 3.79. The van der Waals surface area contributed by atoms with Crippen LogP contribution in [-0.2, 0) is 0 Å². The summed E-state index contributed by atoms with van der Waals surface area (Å²) in [5.41, 5.74) is 0.687. The summed E-state index contributed by atoms with van der Waals surface area (Å²) in [6.07, 6.45) is 2.19. The lowest BCUT2D eigenvalue weighted by atomic mass is 9.92. The molecule has 0 radical (unpaired) electrons. The first-order valence-corrected chi connectivity index (χ1v) is 9.12. The van der Waals surface area contributed by atoms with Crippen LogP contribution in [0.2, 0.25) is 0 Å². The number of hydrogen-bond donors (Lipinski definition) is 1. The van der Waals surface area contributed by atoms with E-state index in [1.54, 1.807) is 0 Å². The van der Waals surface area contributed by atoms with Crippen molar-refractivity contribution >= 4 is 5.91 Å². The molecule has 1 aromatic carbocycles. The zero-order valence-electron chi connectivity index (χ0n) is 14.7. The number of rotatable bonds is 5. The molecule has 1 N–H and O–H groups in total. The fraction of sp³-hybridized carbons (Fsp3) is 0.632. The van der Waals surface area contributed by atoms with Gasteiger partial charge >= 0.3 is 0 Å². The Balaban J connectivity index is 1.73. The second-order valence-corrected chi connectivity index (χ2v) is 6.58. The van der Waals surface area contributed by atoms with Crippen molar-refractivity contribution in [1.82, 2.24) is 10.2 Å². The molecule has 5 heteroatoms. The van der Waals surface area contributed by atoms with Crippen molar-refractivity contribution in [2.24, 2.45) is 11.8 Å². The van der Waals surface area contributed by atoms with Gasteiger partial charge in [-0.25, -0.2) is 0 Å². The number of fused-ring (bicyclic) bond motifs is 1. The van der Waals surface area contributed by atoms with Crippen molar-refractivity contribution in [3.63, 3.8) is 0 Å². The van der Waals surface area contributed by atoms with Gasteiger partial charge in [-0.2, -0.15) is 0 Å². The van der Waals surface area contributed by atoms with Crippen LogP contribution in [-0.4, -0.2) is 50.2 Å². The van der Waals surface area contributed by atoms with Gasteiger partial charge < -0.3 is 19.7 Å². The van der Waals surface area contributed by atoms with Crippen LogP contribution in [0, 0.1) is 11.8 Å². The van der Waals surface area contributed by atoms with E-state index in [9.17, 15) is 4.79 Å². The third-order valence-corrected chi connectivity index (χ3v) is 5.10. The number of carbonyl (C=O) groups is 1. The van der Waals surface area contributed by atoms with Gasteiger partial charge in [0, 0.05) is 18.7 Å². The summed E-state index contributed by atoms with van der Waals surface area (Å²) >= 11 is 0. The number of carbonyl (C=O) groups excluding carboxylic acids is 1. The van der Waals surface area contributed by atoms with Crippen LogP contribution in [0.25, 0.3) is 0 Å². The van der Waals surface area contributed by atoms with Gasteiger partial charge in [0.15, 0.2) is 11.5 Å². The maximum atomic E-state index is 12.9. The first kappa shape index (κ1) is 17.1. The quantitative estimate of drug-likeness (QED) is 0.900. The maximum Gasteiger partial charge on any atom is 0.253 e. The van der Waals surface area contributed by atoms with Crippen molar-refractivity contribution in [3.05, 3.63) is 23.8 Å². The topological polar surface area (TPSA) is 50.8 Å². The largest absolute Gasteiger partial charge is 0.490 e. The standard InChI is InChI=1S/C19H28N2O3/c1-3-23-17-6-5-14(11-18(17)24-4-2)19(22)21-9-7-15-12-20-13-16(15)8-10-21/h5-6,11,15-16,20H,3-4,7-10,12-13H2,1-2H3/t15-,16+. The summed E-state index contributed by atoms with van der Waals surface area (Å²) in [5.74, 6) is 2.91. The van der Waals surface area contributed by atoms with E-state index in [0.29, 0.717) is 30.3 Å². The number of ether oxygens (including phenoxy) is 2. The normalized spacial score (nSPS) is 23.5. The predicted octanol–water partition coefficient (Wildman–Crippen LogP) is 2.56. The Labute approximate surface area is 144 Å². The summed E-state index contributed by atoms with van der Waals surface area (Å²) in [5, 5.41) is 3.47. The van der Waals surface area contributed by atoms with Crippen LogP contribution in [0.3, 0.4) is 0 Å². The SMILES string of the molecule is CCOc1ccc(C(=O)N2CC[C@@H]3CNC[C@@H]3CC2)cc1OCC.